The number of aliphatic hydroxyl groups excluding tert-OH is 2. The zero-order chi connectivity index (χ0) is 20.7. The largest absolute Gasteiger partial charge is 0.445 e. The molecule has 8 heteroatoms. The fourth-order valence-electron chi connectivity index (χ4n) is 2.38. The molecule has 1 aromatic heterocycles. The van der Waals surface area contributed by atoms with Crippen LogP contribution >= 0.6 is 0 Å². The van der Waals surface area contributed by atoms with Gasteiger partial charge in [0.2, 0.25) is 0 Å². The van der Waals surface area contributed by atoms with Crippen LogP contribution in [0.2, 0.25) is 0 Å². The summed E-state index contributed by atoms with van der Waals surface area (Å²) in [6.45, 7) is 5.01. The smallest absolute Gasteiger partial charge is 0.418 e. The molecule has 28 heavy (non-hydrogen) atoms. The molecular formula is C20H26N2O6. The molecule has 2 atom stereocenters. The first-order chi connectivity index (χ1) is 13.2. The highest BCUT2D eigenvalue weighted by atomic mass is 16.6. The second-order valence-electron chi connectivity index (χ2n) is 7.24. The minimum absolute atomic E-state index is 0.0901. The normalized spacial score (nSPS) is 13.5. The molecule has 0 saturated heterocycles. The minimum atomic E-state index is -1.41. The van der Waals surface area contributed by atoms with Crippen LogP contribution in [0.5, 0.6) is 0 Å². The standard InChI is InChI=1S/C20H26N2O6/c1-20(2,3)28-19(26)22-11-7-10-15(22)17(24)16(23)12-21-18(25)27-13-14-8-5-4-6-9-14/h4-11,16-17,23-24H,12-13H2,1-3H3,(H,21,25). The lowest BCUT2D eigenvalue weighted by atomic mass is 10.1. The molecular weight excluding hydrogens is 364 g/mol. The molecule has 2 unspecified atom stereocenters. The summed E-state index contributed by atoms with van der Waals surface area (Å²) in [5, 5.41) is 22.9. The lowest BCUT2D eigenvalue weighted by Crippen LogP contribution is -2.37. The Morgan fingerprint density at radius 2 is 1.79 bits per heavy atom. The van der Waals surface area contributed by atoms with Crippen LogP contribution in [-0.4, -0.2) is 45.2 Å². The maximum atomic E-state index is 12.2. The third kappa shape index (κ3) is 6.40. The average Bonchev–Trinajstić information content (AvgIpc) is 3.13. The number of benzene rings is 1. The summed E-state index contributed by atoms with van der Waals surface area (Å²) in [5.74, 6) is 0. The Morgan fingerprint density at radius 3 is 2.43 bits per heavy atom. The van der Waals surface area contributed by atoms with E-state index in [2.05, 4.69) is 5.32 Å². The zero-order valence-corrected chi connectivity index (χ0v) is 16.2. The number of ether oxygens (including phenoxy) is 2. The van der Waals surface area contributed by atoms with Gasteiger partial charge in [-0.15, -0.1) is 0 Å². The number of nitrogens with zero attached hydrogens (tertiary/aromatic N) is 1. The van der Waals surface area contributed by atoms with Gasteiger partial charge in [-0.05, 0) is 38.5 Å². The van der Waals surface area contributed by atoms with Crippen molar-refractivity contribution in [2.45, 2.75) is 45.2 Å². The van der Waals surface area contributed by atoms with Crippen molar-refractivity contribution in [3.63, 3.8) is 0 Å². The molecule has 0 aliphatic carbocycles. The lowest BCUT2D eigenvalue weighted by Gasteiger charge is -2.23. The molecule has 1 aromatic carbocycles. The van der Waals surface area contributed by atoms with Gasteiger partial charge >= 0.3 is 12.2 Å². The summed E-state index contributed by atoms with van der Waals surface area (Å²) in [5.41, 5.74) is 0.279. The molecule has 0 bridgehead atoms. The summed E-state index contributed by atoms with van der Waals surface area (Å²) >= 11 is 0. The number of aliphatic hydroxyl groups is 2. The predicted octanol–water partition coefficient (Wildman–Crippen LogP) is 2.59. The van der Waals surface area contributed by atoms with Crippen molar-refractivity contribution < 1.29 is 29.3 Å². The molecule has 3 N–H and O–H groups in total. The number of hydrogen-bond donors (Lipinski definition) is 3. The number of rotatable bonds is 6. The Balaban J connectivity index is 1.87. The van der Waals surface area contributed by atoms with E-state index in [1.807, 2.05) is 30.3 Å². The van der Waals surface area contributed by atoms with Gasteiger partial charge in [0, 0.05) is 12.7 Å². The molecule has 0 aliphatic heterocycles. The van der Waals surface area contributed by atoms with E-state index in [0.29, 0.717) is 0 Å². The van der Waals surface area contributed by atoms with Gasteiger partial charge in [-0.2, -0.15) is 0 Å². The maximum Gasteiger partial charge on any atom is 0.418 e. The highest BCUT2D eigenvalue weighted by Crippen LogP contribution is 2.19. The molecule has 0 aliphatic rings. The Kier molecular flexibility index (Phi) is 7.19. The number of carbonyl (C=O) groups excluding carboxylic acids is 2. The van der Waals surface area contributed by atoms with E-state index in [0.717, 1.165) is 10.1 Å². The monoisotopic (exact) mass is 390 g/mol. The van der Waals surface area contributed by atoms with Crippen LogP contribution in [0.25, 0.3) is 0 Å². The quantitative estimate of drug-likeness (QED) is 0.699. The second-order valence-corrected chi connectivity index (χ2v) is 7.24. The number of carbonyl (C=O) groups is 2. The van der Waals surface area contributed by atoms with E-state index in [9.17, 15) is 19.8 Å². The van der Waals surface area contributed by atoms with Crippen LogP contribution in [0.3, 0.4) is 0 Å². The van der Waals surface area contributed by atoms with Crippen LogP contribution in [0.15, 0.2) is 48.7 Å². The van der Waals surface area contributed by atoms with Crippen molar-refractivity contribution in [2.75, 3.05) is 6.54 Å². The molecule has 2 rings (SSSR count). The Morgan fingerprint density at radius 1 is 1.11 bits per heavy atom. The van der Waals surface area contributed by atoms with Crippen LogP contribution in [0, 0.1) is 0 Å². The topological polar surface area (TPSA) is 110 Å². The number of aromatic nitrogens is 1. The van der Waals surface area contributed by atoms with Crippen LogP contribution in [0.4, 0.5) is 9.59 Å². The maximum absolute atomic E-state index is 12.2. The highest BCUT2D eigenvalue weighted by molar-refractivity contribution is 5.72. The van der Waals surface area contributed by atoms with Crippen molar-refractivity contribution in [3.8, 4) is 0 Å². The number of alkyl carbamates (subject to hydrolysis) is 1. The second kappa shape index (κ2) is 9.38. The van der Waals surface area contributed by atoms with Gasteiger partial charge in [0.05, 0.1) is 5.69 Å². The molecule has 2 aromatic rings. The van der Waals surface area contributed by atoms with Crippen LogP contribution < -0.4 is 5.32 Å². The summed E-state index contributed by atoms with van der Waals surface area (Å²) in [4.78, 5) is 24.0. The van der Waals surface area contributed by atoms with E-state index in [4.69, 9.17) is 9.47 Å². The fraction of sp³-hybridized carbons (Fsp3) is 0.400. The summed E-state index contributed by atoms with van der Waals surface area (Å²) in [7, 11) is 0. The molecule has 1 amide bonds. The van der Waals surface area contributed by atoms with Crippen LogP contribution in [-0.2, 0) is 16.1 Å². The fourth-order valence-corrected chi connectivity index (χ4v) is 2.38. The van der Waals surface area contributed by atoms with Gasteiger partial charge in [0.1, 0.15) is 24.4 Å². The van der Waals surface area contributed by atoms with E-state index < -0.39 is 30.0 Å². The van der Waals surface area contributed by atoms with Gasteiger partial charge in [0.15, 0.2) is 0 Å². The Bertz CT molecular complexity index is 781. The number of nitrogens with one attached hydrogen (secondary N) is 1. The van der Waals surface area contributed by atoms with Crippen molar-refractivity contribution in [2.24, 2.45) is 0 Å². The molecule has 0 fully saturated rings. The number of hydrogen-bond acceptors (Lipinski definition) is 6. The Labute approximate surface area is 163 Å². The van der Waals surface area contributed by atoms with Gasteiger partial charge in [-0.25, -0.2) is 9.59 Å². The lowest BCUT2D eigenvalue weighted by molar-refractivity contribution is 0.0114. The summed E-state index contributed by atoms with van der Waals surface area (Å²) in [6, 6.07) is 12.2. The molecule has 0 saturated carbocycles. The number of amides is 1. The van der Waals surface area contributed by atoms with E-state index in [1.165, 1.54) is 12.3 Å². The van der Waals surface area contributed by atoms with Crippen molar-refractivity contribution >= 4 is 12.2 Å². The predicted molar refractivity (Wildman–Crippen MR) is 102 cm³/mol. The van der Waals surface area contributed by atoms with Gasteiger partial charge in [-0.3, -0.25) is 4.57 Å². The first-order valence-corrected chi connectivity index (χ1v) is 8.88. The van der Waals surface area contributed by atoms with Crippen molar-refractivity contribution in [3.05, 3.63) is 59.9 Å². The molecule has 0 spiro atoms. The highest BCUT2D eigenvalue weighted by Gasteiger charge is 2.26. The molecule has 0 radical (unpaired) electrons. The van der Waals surface area contributed by atoms with E-state index in [-0.39, 0.29) is 18.8 Å². The third-order valence-corrected chi connectivity index (χ3v) is 3.71. The molecule has 8 nitrogen and oxygen atoms in total. The molecule has 1 heterocycles. The van der Waals surface area contributed by atoms with Crippen molar-refractivity contribution in [1.29, 1.82) is 0 Å². The summed E-state index contributed by atoms with van der Waals surface area (Å²) < 4.78 is 11.4. The van der Waals surface area contributed by atoms with Gasteiger partial charge < -0.3 is 25.0 Å². The first-order valence-electron chi connectivity index (χ1n) is 8.88. The zero-order valence-electron chi connectivity index (χ0n) is 16.2. The van der Waals surface area contributed by atoms with Gasteiger partial charge in [0.25, 0.3) is 0 Å². The third-order valence-electron chi connectivity index (χ3n) is 3.71. The first kappa shape index (κ1) is 21.5. The average molecular weight is 390 g/mol. The minimum Gasteiger partial charge on any atom is -0.445 e. The molecule has 152 valence electrons. The van der Waals surface area contributed by atoms with Gasteiger partial charge in [-0.1, -0.05) is 30.3 Å². The van der Waals surface area contributed by atoms with E-state index in [1.54, 1.807) is 26.8 Å². The van der Waals surface area contributed by atoms with E-state index >= 15 is 0 Å². The summed E-state index contributed by atoms with van der Waals surface area (Å²) in [6.07, 6.45) is -2.72. The SMILES string of the molecule is CC(C)(C)OC(=O)n1cccc1C(O)C(O)CNC(=O)OCc1ccccc1. The van der Waals surface area contributed by atoms with Crippen LogP contribution in [0.1, 0.15) is 38.1 Å². The van der Waals surface area contributed by atoms with Crippen molar-refractivity contribution in [1.82, 2.24) is 9.88 Å². The Hall–Kier alpha value is -2.84.